The Kier molecular flexibility index (Phi) is 2.72. The molecular formula is C19H11ClO2. The number of fused-ring (bicyclic) bond motifs is 4. The zero-order valence-electron chi connectivity index (χ0n) is 11.8. The lowest BCUT2D eigenvalue weighted by Gasteiger charge is -2.19. The van der Waals surface area contributed by atoms with Gasteiger partial charge < -0.3 is 0 Å². The number of ketones is 2. The molecule has 0 atom stereocenters. The molecule has 1 aliphatic carbocycles. The van der Waals surface area contributed by atoms with Crippen molar-refractivity contribution in [3.63, 3.8) is 0 Å². The molecule has 4 rings (SSSR count). The summed E-state index contributed by atoms with van der Waals surface area (Å²) < 4.78 is 0. The van der Waals surface area contributed by atoms with E-state index in [1.165, 1.54) is 0 Å². The van der Waals surface area contributed by atoms with Gasteiger partial charge in [-0.2, -0.15) is 0 Å². The third-order valence-corrected chi connectivity index (χ3v) is 4.72. The van der Waals surface area contributed by atoms with Gasteiger partial charge in [-0.25, -0.2) is 0 Å². The van der Waals surface area contributed by atoms with E-state index in [1.54, 1.807) is 30.3 Å². The van der Waals surface area contributed by atoms with Gasteiger partial charge in [0.15, 0.2) is 11.6 Å². The first-order chi connectivity index (χ1) is 10.6. The lowest BCUT2D eigenvalue weighted by Crippen LogP contribution is -2.21. The third kappa shape index (κ3) is 1.62. The van der Waals surface area contributed by atoms with Crippen molar-refractivity contribution in [1.29, 1.82) is 0 Å². The van der Waals surface area contributed by atoms with Gasteiger partial charge in [0.25, 0.3) is 0 Å². The van der Waals surface area contributed by atoms with Crippen molar-refractivity contribution in [2.75, 3.05) is 0 Å². The summed E-state index contributed by atoms with van der Waals surface area (Å²) in [6.07, 6.45) is 0. The van der Waals surface area contributed by atoms with Crippen molar-refractivity contribution in [1.82, 2.24) is 0 Å². The lowest BCUT2D eigenvalue weighted by atomic mass is 9.81. The number of carbonyl (C=O) groups excluding carboxylic acids is 2. The van der Waals surface area contributed by atoms with Crippen LogP contribution in [-0.2, 0) is 0 Å². The number of hydrogen-bond donors (Lipinski definition) is 0. The minimum atomic E-state index is -0.115. The van der Waals surface area contributed by atoms with E-state index >= 15 is 0 Å². The average Bonchev–Trinajstić information content (AvgIpc) is 2.55. The van der Waals surface area contributed by atoms with Gasteiger partial charge >= 0.3 is 0 Å². The van der Waals surface area contributed by atoms with Crippen LogP contribution in [0.5, 0.6) is 0 Å². The topological polar surface area (TPSA) is 34.1 Å². The van der Waals surface area contributed by atoms with E-state index in [9.17, 15) is 9.59 Å². The Hall–Kier alpha value is -2.45. The van der Waals surface area contributed by atoms with Crippen molar-refractivity contribution in [2.45, 2.75) is 6.92 Å². The molecule has 0 saturated carbocycles. The summed E-state index contributed by atoms with van der Waals surface area (Å²) in [6.45, 7) is 1.92. The molecule has 0 aliphatic heterocycles. The lowest BCUT2D eigenvalue weighted by molar-refractivity contribution is 0.0980. The summed E-state index contributed by atoms with van der Waals surface area (Å²) >= 11 is 6.36. The van der Waals surface area contributed by atoms with Gasteiger partial charge in [-0.15, -0.1) is 0 Å². The molecule has 0 aromatic heterocycles. The van der Waals surface area contributed by atoms with Gasteiger partial charge in [-0.1, -0.05) is 54.1 Å². The van der Waals surface area contributed by atoms with Crippen molar-refractivity contribution >= 4 is 33.9 Å². The Bertz CT molecular complexity index is 986. The first-order valence-corrected chi connectivity index (χ1v) is 7.37. The molecule has 3 aromatic carbocycles. The van der Waals surface area contributed by atoms with Crippen molar-refractivity contribution in [2.24, 2.45) is 0 Å². The number of hydrogen-bond acceptors (Lipinski definition) is 2. The van der Waals surface area contributed by atoms with Gasteiger partial charge in [0.1, 0.15) is 0 Å². The highest BCUT2D eigenvalue weighted by Gasteiger charge is 2.30. The number of halogens is 1. The number of rotatable bonds is 0. The second kappa shape index (κ2) is 4.52. The molecule has 22 heavy (non-hydrogen) atoms. The van der Waals surface area contributed by atoms with Gasteiger partial charge in [0, 0.05) is 27.6 Å². The molecule has 0 heterocycles. The van der Waals surface area contributed by atoms with E-state index in [1.807, 2.05) is 25.1 Å². The van der Waals surface area contributed by atoms with E-state index in [2.05, 4.69) is 0 Å². The molecule has 0 amide bonds. The Morgan fingerprint density at radius 2 is 1.36 bits per heavy atom. The maximum absolute atomic E-state index is 12.9. The smallest absolute Gasteiger partial charge is 0.195 e. The summed E-state index contributed by atoms with van der Waals surface area (Å²) in [5, 5.41) is 2.17. The van der Waals surface area contributed by atoms with Crippen LogP contribution < -0.4 is 0 Å². The van der Waals surface area contributed by atoms with E-state index in [-0.39, 0.29) is 11.6 Å². The molecule has 0 unspecified atom stereocenters. The summed E-state index contributed by atoms with van der Waals surface area (Å²) in [6, 6.07) is 14.2. The van der Waals surface area contributed by atoms with Crippen LogP contribution in [0, 0.1) is 6.92 Å². The Morgan fingerprint density at radius 3 is 2.09 bits per heavy atom. The van der Waals surface area contributed by atoms with Crippen molar-refractivity contribution in [3.8, 4) is 0 Å². The normalized spacial score (nSPS) is 13.2. The highest BCUT2D eigenvalue weighted by Crippen LogP contribution is 2.35. The SMILES string of the molecule is Cc1ccc2c3c(ccc2c1Cl)C(=O)c1ccccc1C3=O. The summed E-state index contributed by atoms with van der Waals surface area (Å²) in [7, 11) is 0. The van der Waals surface area contributed by atoms with E-state index < -0.39 is 0 Å². The Balaban J connectivity index is 2.13. The van der Waals surface area contributed by atoms with Gasteiger partial charge in [0.2, 0.25) is 0 Å². The van der Waals surface area contributed by atoms with Gasteiger partial charge in [-0.3, -0.25) is 9.59 Å². The molecule has 106 valence electrons. The fraction of sp³-hybridized carbons (Fsp3) is 0.0526. The Labute approximate surface area is 132 Å². The minimum absolute atomic E-state index is 0.108. The number of benzene rings is 3. The monoisotopic (exact) mass is 306 g/mol. The first kappa shape index (κ1) is 13.2. The molecule has 0 bridgehead atoms. The first-order valence-electron chi connectivity index (χ1n) is 7.00. The molecule has 1 aliphatic rings. The van der Waals surface area contributed by atoms with Crippen LogP contribution in [0.25, 0.3) is 10.8 Å². The molecule has 0 fully saturated rings. The third-order valence-electron chi connectivity index (χ3n) is 4.22. The second-order valence-electron chi connectivity index (χ2n) is 5.48. The maximum atomic E-state index is 12.9. The standard InChI is InChI=1S/C19H11ClO2/c1-10-6-7-11-12(17(10)20)8-9-15-16(11)19(22)14-5-3-2-4-13(14)18(15)21/h2-9H,1H3. The predicted molar refractivity (Wildman–Crippen MR) is 87.0 cm³/mol. The minimum Gasteiger partial charge on any atom is -0.289 e. The van der Waals surface area contributed by atoms with Crippen molar-refractivity contribution in [3.05, 3.63) is 81.4 Å². The zero-order chi connectivity index (χ0) is 15.4. The summed E-state index contributed by atoms with van der Waals surface area (Å²) in [5.74, 6) is -0.223. The van der Waals surface area contributed by atoms with Gasteiger partial charge in [-0.05, 0) is 23.9 Å². The van der Waals surface area contributed by atoms with E-state index in [0.717, 1.165) is 16.3 Å². The van der Waals surface area contributed by atoms with Crippen LogP contribution in [0.4, 0.5) is 0 Å². The zero-order valence-corrected chi connectivity index (χ0v) is 12.6. The molecule has 3 aromatic rings. The molecule has 0 N–H and O–H groups in total. The van der Waals surface area contributed by atoms with E-state index in [0.29, 0.717) is 27.3 Å². The molecular weight excluding hydrogens is 296 g/mol. The van der Waals surface area contributed by atoms with Crippen LogP contribution in [-0.4, -0.2) is 11.6 Å². The highest BCUT2D eigenvalue weighted by molar-refractivity contribution is 6.38. The van der Waals surface area contributed by atoms with Crippen molar-refractivity contribution < 1.29 is 9.59 Å². The van der Waals surface area contributed by atoms with Crippen LogP contribution >= 0.6 is 11.6 Å². The summed E-state index contributed by atoms with van der Waals surface area (Å²) in [4.78, 5) is 25.5. The molecule has 3 heteroatoms. The maximum Gasteiger partial charge on any atom is 0.195 e. The molecule has 0 saturated heterocycles. The van der Waals surface area contributed by atoms with Gasteiger partial charge in [0.05, 0.1) is 5.02 Å². The predicted octanol–water partition coefficient (Wildman–Crippen LogP) is 4.58. The van der Waals surface area contributed by atoms with Crippen LogP contribution in [0.2, 0.25) is 5.02 Å². The second-order valence-corrected chi connectivity index (χ2v) is 5.86. The largest absolute Gasteiger partial charge is 0.289 e. The van der Waals surface area contributed by atoms with E-state index in [4.69, 9.17) is 11.6 Å². The number of carbonyl (C=O) groups is 2. The van der Waals surface area contributed by atoms with Crippen LogP contribution in [0.1, 0.15) is 37.4 Å². The number of aryl methyl sites for hydroxylation is 1. The molecule has 2 nitrogen and oxygen atoms in total. The highest BCUT2D eigenvalue weighted by atomic mass is 35.5. The Morgan fingerprint density at radius 1 is 0.727 bits per heavy atom. The fourth-order valence-corrected chi connectivity index (χ4v) is 3.30. The summed E-state index contributed by atoms with van der Waals surface area (Å²) in [5.41, 5.74) is 2.80. The molecule has 0 spiro atoms. The quantitative estimate of drug-likeness (QED) is 0.476. The fourth-order valence-electron chi connectivity index (χ4n) is 3.07. The van der Waals surface area contributed by atoms with Crippen LogP contribution in [0.3, 0.4) is 0 Å². The molecule has 0 radical (unpaired) electrons. The van der Waals surface area contributed by atoms with Crippen LogP contribution in [0.15, 0.2) is 48.5 Å². The average molecular weight is 307 g/mol.